The Labute approximate surface area is 92.8 Å². The van der Waals surface area contributed by atoms with E-state index in [1.54, 1.807) is 0 Å². The lowest BCUT2D eigenvalue weighted by molar-refractivity contribution is -0.0327. The van der Waals surface area contributed by atoms with Crippen LogP contribution in [0.1, 0.15) is 38.5 Å². The van der Waals surface area contributed by atoms with E-state index in [4.69, 9.17) is 9.47 Å². The molecule has 0 spiro atoms. The van der Waals surface area contributed by atoms with Gasteiger partial charge in [0.15, 0.2) is 0 Å². The van der Waals surface area contributed by atoms with Gasteiger partial charge in [-0.1, -0.05) is 12.8 Å². The molecule has 0 aromatic heterocycles. The molecule has 2 nitrogen and oxygen atoms in total. The van der Waals surface area contributed by atoms with Crippen molar-refractivity contribution < 1.29 is 9.47 Å². The summed E-state index contributed by atoms with van der Waals surface area (Å²) in [6.45, 7) is 2.69. The first-order chi connectivity index (χ1) is 6.93. The van der Waals surface area contributed by atoms with E-state index in [2.05, 4.69) is 12.6 Å². The fourth-order valence-corrected chi connectivity index (χ4v) is 1.88. The summed E-state index contributed by atoms with van der Waals surface area (Å²) in [6, 6.07) is 0. The average molecular weight is 218 g/mol. The van der Waals surface area contributed by atoms with Crippen molar-refractivity contribution in [3.63, 3.8) is 0 Å². The zero-order chi connectivity index (χ0) is 10.1. The Morgan fingerprint density at radius 1 is 1.07 bits per heavy atom. The molecule has 84 valence electrons. The highest BCUT2D eigenvalue weighted by Crippen LogP contribution is 2.11. The molecule has 0 saturated carbocycles. The lowest BCUT2D eigenvalue weighted by atomic mass is 10.1. The van der Waals surface area contributed by atoms with Crippen LogP contribution in [0.5, 0.6) is 0 Å². The SMILES string of the molecule is SCCCCCCOC1CCOCC1. The van der Waals surface area contributed by atoms with Gasteiger partial charge in [0.2, 0.25) is 0 Å². The quantitative estimate of drug-likeness (QED) is 0.523. The predicted molar refractivity (Wildman–Crippen MR) is 62.1 cm³/mol. The smallest absolute Gasteiger partial charge is 0.0619 e. The first kappa shape index (κ1) is 12.3. The molecule has 1 heterocycles. The largest absolute Gasteiger partial charge is 0.381 e. The third-order valence-corrected chi connectivity index (χ3v) is 2.89. The Morgan fingerprint density at radius 2 is 1.79 bits per heavy atom. The molecule has 0 unspecified atom stereocenters. The maximum Gasteiger partial charge on any atom is 0.0619 e. The van der Waals surface area contributed by atoms with Crippen LogP contribution in [0.25, 0.3) is 0 Å². The molecule has 0 aliphatic carbocycles. The van der Waals surface area contributed by atoms with Crippen LogP contribution in [0.2, 0.25) is 0 Å². The summed E-state index contributed by atoms with van der Waals surface area (Å²) in [4.78, 5) is 0. The van der Waals surface area contributed by atoms with E-state index in [1.165, 1.54) is 25.7 Å². The molecule has 0 aromatic rings. The Kier molecular flexibility index (Phi) is 7.55. The highest BCUT2D eigenvalue weighted by molar-refractivity contribution is 7.80. The van der Waals surface area contributed by atoms with Crippen molar-refractivity contribution in [2.75, 3.05) is 25.6 Å². The van der Waals surface area contributed by atoms with Crippen molar-refractivity contribution in [1.82, 2.24) is 0 Å². The van der Waals surface area contributed by atoms with Gasteiger partial charge >= 0.3 is 0 Å². The summed E-state index contributed by atoms with van der Waals surface area (Å²) in [5.41, 5.74) is 0. The molecular weight excluding hydrogens is 196 g/mol. The third-order valence-electron chi connectivity index (χ3n) is 2.57. The second-order valence-corrected chi connectivity index (χ2v) is 4.27. The van der Waals surface area contributed by atoms with Crippen LogP contribution < -0.4 is 0 Å². The van der Waals surface area contributed by atoms with Gasteiger partial charge in [-0.25, -0.2) is 0 Å². The minimum absolute atomic E-state index is 0.466. The van der Waals surface area contributed by atoms with Crippen LogP contribution in [0.15, 0.2) is 0 Å². The van der Waals surface area contributed by atoms with Gasteiger partial charge in [0, 0.05) is 19.8 Å². The summed E-state index contributed by atoms with van der Waals surface area (Å²) in [5, 5.41) is 0. The average Bonchev–Trinajstić information content (AvgIpc) is 2.25. The fourth-order valence-electron chi connectivity index (χ4n) is 1.66. The Bertz CT molecular complexity index is 124. The van der Waals surface area contributed by atoms with Gasteiger partial charge in [-0.2, -0.15) is 12.6 Å². The van der Waals surface area contributed by atoms with Gasteiger partial charge in [-0.05, 0) is 31.4 Å². The molecule has 14 heavy (non-hydrogen) atoms. The summed E-state index contributed by atoms with van der Waals surface area (Å²) in [7, 11) is 0. The van der Waals surface area contributed by atoms with Gasteiger partial charge in [-0.3, -0.25) is 0 Å². The monoisotopic (exact) mass is 218 g/mol. The normalized spacial score (nSPS) is 18.6. The van der Waals surface area contributed by atoms with Crippen LogP contribution >= 0.6 is 12.6 Å². The molecule has 1 aliphatic heterocycles. The van der Waals surface area contributed by atoms with Gasteiger partial charge < -0.3 is 9.47 Å². The molecule has 1 aliphatic rings. The summed E-state index contributed by atoms with van der Waals surface area (Å²) in [5.74, 6) is 1.01. The topological polar surface area (TPSA) is 18.5 Å². The molecular formula is C11H22O2S. The molecule has 1 fully saturated rings. The number of ether oxygens (including phenoxy) is 2. The van der Waals surface area contributed by atoms with Crippen LogP contribution in [0.4, 0.5) is 0 Å². The van der Waals surface area contributed by atoms with Crippen LogP contribution in [-0.4, -0.2) is 31.7 Å². The fraction of sp³-hybridized carbons (Fsp3) is 1.00. The molecule has 0 N–H and O–H groups in total. The number of rotatable bonds is 7. The lowest BCUT2D eigenvalue weighted by Gasteiger charge is -2.22. The summed E-state index contributed by atoms with van der Waals surface area (Å²) >= 11 is 4.18. The molecule has 0 radical (unpaired) electrons. The van der Waals surface area contributed by atoms with Gasteiger partial charge in [0.25, 0.3) is 0 Å². The van der Waals surface area contributed by atoms with E-state index in [9.17, 15) is 0 Å². The second kappa shape index (κ2) is 8.57. The standard InChI is InChI=1S/C11H22O2S/c14-10-4-2-1-3-7-13-11-5-8-12-9-6-11/h11,14H,1-10H2. The van der Waals surface area contributed by atoms with Crippen LogP contribution in [0.3, 0.4) is 0 Å². The second-order valence-electron chi connectivity index (χ2n) is 3.82. The Balaban J connectivity index is 1.82. The number of unbranched alkanes of at least 4 members (excludes halogenated alkanes) is 3. The Morgan fingerprint density at radius 3 is 2.50 bits per heavy atom. The number of hydrogen-bond acceptors (Lipinski definition) is 3. The molecule has 0 bridgehead atoms. The number of thiol groups is 1. The van der Waals surface area contributed by atoms with Crippen molar-refractivity contribution >= 4 is 12.6 Å². The Hall–Kier alpha value is 0.270. The minimum atomic E-state index is 0.466. The zero-order valence-corrected chi connectivity index (χ0v) is 9.81. The molecule has 0 aromatic carbocycles. The molecule has 0 amide bonds. The first-order valence-corrected chi connectivity index (χ1v) is 6.37. The summed E-state index contributed by atoms with van der Waals surface area (Å²) in [6.07, 6.45) is 7.64. The predicted octanol–water partition coefficient (Wildman–Crippen LogP) is 2.67. The van der Waals surface area contributed by atoms with E-state index in [0.717, 1.165) is 38.4 Å². The van der Waals surface area contributed by atoms with E-state index in [1.807, 2.05) is 0 Å². The van der Waals surface area contributed by atoms with Gasteiger partial charge in [0.05, 0.1) is 6.10 Å². The lowest BCUT2D eigenvalue weighted by Crippen LogP contribution is -2.23. The maximum atomic E-state index is 5.76. The molecule has 1 saturated heterocycles. The van der Waals surface area contributed by atoms with E-state index >= 15 is 0 Å². The highest BCUT2D eigenvalue weighted by atomic mass is 32.1. The summed E-state index contributed by atoms with van der Waals surface area (Å²) < 4.78 is 11.0. The van der Waals surface area contributed by atoms with Crippen LogP contribution in [-0.2, 0) is 9.47 Å². The van der Waals surface area contributed by atoms with E-state index in [-0.39, 0.29) is 0 Å². The van der Waals surface area contributed by atoms with Crippen LogP contribution in [0, 0.1) is 0 Å². The zero-order valence-electron chi connectivity index (χ0n) is 8.91. The van der Waals surface area contributed by atoms with Crippen molar-refractivity contribution in [2.45, 2.75) is 44.6 Å². The highest BCUT2D eigenvalue weighted by Gasteiger charge is 2.13. The van der Waals surface area contributed by atoms with Gasteiger partial charge in [0.1, 0.15) is 0 Å². The van der Waals surface area contributed by atoms with E-state index < -0.39 is 0 Å². The van der Waals surface area contributed by atoms with Gasteiger partial charge in [-0.15, -0.1) is 0 Å². The maximum absolute atomic E-state index is 5.76. The third kappa shape index (κ3) is 5.89. The van der Waals surface area contributed by atoms with E-state index in [0.29, 0.717) is 6.10 Å². The van der Waals surface area contributed by atoms with Crippen molar-refractivity contribution in [3.8, 4) is 0 Å². The molecule has 0 atom stereocenters. The van der Waals surface area contributed by atoms with Crippen molar-refractivity contribution in [1.29, 1.82) is 0 Å². The minimum Gasteiger partial charge on any atom is -0.381 e. The number of hydrogen-bond donors (Lipinski definition) is 1. The first-order valence-electron chi connectivity index (χ1n) is 5.73. The molecule has 3 heteroatoms. The van der Waals surface area contributed by atoms with Crippen molar-refractivity contribution in [2.24, 2.45) is 0 Å². The van der Waals surface area contributed by atoms with Crippen molar-refractivity contribution in [3.05, 3.63) is 0 Å². The molecule has 1 rings (SSSR count).